The Hall–Kier alpha value is -2.36. The maximum Gasteiger partial charge on any atom is 0.249 e. The topological polar surface area (TPSA) is 76.6 Å². The molecule has 3 heterocycles. The summed E-state index contributed by atoms with van der Waals surface area (Å²) in [4.78, 5) is 23.6. The van der Waals surface area contributed by atoms with E-state index in [4.69, 9.17) is 9.47 Å². The number of hydrogen-bond donors (Lipinski definition) is 1. The molecule has 31 heavy (non-hydrogen) atoms. The van der Waals surface area contributed by atoms with Crippen LogP contribution in [0.5, 0.6) is 0 Å². The lowest BCUT2D eigenvalue weighted by Gasteiger charge is -2.39. The van der Waals surface area contributed by atoms with E-state index in [9.17, 15) is 13.6 Å². The summed E-state index contributed by atoms with van der Waals surface area (Å²) in [6.07, 6.45) is -0.319. The van der Waals surface area contributed by atoms with E-state index in [-0.39, 0.29) is 37.0 Å². The lowest BCUT2D eigenvalue weighted by molar-refractivity contribution is -0.130. The summed E-state index contributed by atoms with van der Waals surface area (Å²) in [7, 11) is 0. The van der Waals surface area contributed by atoms with Crippen molar-refractivity contribution in [2.45, 2.75) is 38.5 Å². The third-order valence-corrected chi connectivity index (χ3v) is 5.37. The number of anilines is 1. The Morgan fingerprint density at radius 1 is 1.26 bits per heavy atom. The third kappa shape index (κ3) is 5.28. The number of benzene rings is 1. The minimum atomic E-state index is -0.700. The smallest absolute Gasteiger partial charge is 0.249 e. The van der Waals surface area contributed by atoms with E-state index in [1.165, 1.54) is 6.07 Å². The van der Waals surface area contributed by atoms with Crippen LogP contribution in [0.25, 0.3) is 0 Å². The van der Waals surface area contributed by atoms with Crippen molar-refractivity contribution < 1.29 is 23.0 Å². The summed E-state index contributed by atoms with van der Waals surface area (Å²) in [6.45, 7) is 5.75. The quantitative estimate of drug-likeness (QED) is 0.765. The first kappa shape index (κ1) is 23.3. The standard InChI is InChI=1S/C21H24F2N4O3.ClH/c1-13-7-14(2)26-20(25-13)27-5-6-30-21(11-27)9-18(29-12-21)19(28)24-10-15-3-4-16(22)8-17(15)23;/h3-4,7-8,18H,5-6,9-12H2,1-2H3,(H,24,28);1H. The second-order valence-corrected chi connectivity index (χ2v) is 7.86. The molecule has 1 aromatic carbocycles. The molecule has 0 saturated carbocycles. The average molecular weight is 455 g/mol. The van der Waals surface area contributed by atoms with Crippen LogP contribution in [0.3, 0.4) is 0 Å². The molecule has 4 rings (SSSR count). The van der Waals surface area contributed by atoms with Crippen molar-refractivity contribution >= 4 is 24.3 Å². The van der Waals surface area contributed by atoms with Gasteiger partial charge in [-0.1, -0.05) is 6.07 Å². The molecule has 2 atom stereocenters. The minimum Gasteiger partial charge on any atom is -0.369 e. The zero-order chi connectivity index (χ0) is 21.3. The molecule has 0 bridgehead atoms. The van der Waals surface area contributed by atoms with Crippen LogP contribution in [-0.4, -0.2) is 53.9 Å². The summed E-state index contributed by atoms with van der Waals surface area (Å²) in [5.74, 6) is -1.05. The van der Waals surface area contributed by atoms with Crippen LogP contribution in [0.15, 0.2) is 24.3 Å². The average Bonchev–Trinajstić information content (AvgIpc) is 3.09. The monoisotopic (exact) mass is 454 g/mol. The van der Waals surface area contributed by atoms with Gasteiger partial charge in [0.15, 0.2) is 0 Å². The Bertz CT molecular complexity index is 944. The van der Waals surface area contributed by atoms with Crippen molar-refractivity contribution in [2.24, 2.45) is 0 Å². The molecular weight excluding hydrogens is 430 g/mol. The number of ether oxygens (including phenoxy) is 2. The highest BCUT2D eigenvalue weighted by atomic mass is 35.5. The van der Waals surface area contributed by atoms with Crippen LogP contribution in [-0.2, 0) is 20.8 Å². The number of nitrogens with one attached hydrogen (secondary N) is 1. The normalized spacial score (nSPS) is 23.0. The summed E-state index contributed by atoms with van der Waals surface area (Å²) in [5, 5.41) is 2.66. The van der Waals surface area contributed by atoms with Gasteiger partial charge in [0, 0.05) is 42.5 Å². The van der Waals surface area contributed by atoms with Crippen LogP contribution in [0.4, 0.5) is 14.7 Å². The number of aryl methyl sites for hydroxylation is 2. The van der Waals surface area contributed by atoms with Gasteiger partial charge in [-0.25, -0.2) is 18.7 Å². The fraction of sp³-hybridized carbons (Fsp3) is 0.476. The third-order valence-electron chi connectivity index (χ3n) is 5.37. The molecule has 1 amide bonds. The molecule has 2 aliphatic rings. The van der Waals surface area contributed by atoms with Crippen molar-refractivity contribution in [1.82, 2.24) is 15.3 Å². The van der Waals surface area contributed by atoms with E-state index >= 15 is 0 Å². The van der Waals surface area contributed by atoms with Crippen molar-refractivity contribution in [1.29, 1.82) is 0 Å². The van der Waals surface area contributed by atoms with Crippen LogP contribution in [0, 0.1) is 25.5 Å². The maximum atomic E-state index is 13.8. The molecule has 2 aromatic rings. The van der Waals surface area contributed by atoms with Gasteiger partial charge >= 0.3 is 0 Å². The SMILES string of the molecule is Cc1cc(C)nc(N2CCOC3(COC(C(=O)NCc4ccc(F)cc4F)C3)C2)n1.Cl. The molecule has 1 spiro atoms. The molecule has 2 aliphatic heterocycles. The van der Waals surface area contributed by atoms with E-state index in [1.807, 2.05) is 19.9 Å². The molecule has 1 N–H and O–H groups in total. The second kappa shape index (κ2) is 9.42. The number of morpholine rings is 1. The van der Waals surface area contributed by atoms with Gasteiger partial charge in [0.25, 0.3) is 0 Å². The Kier molecular flexibility index (Phi) is 7.08. The molecule has 0 aliphatic carbocycles. The van der Waals surface area contributed by atoms with E-state index in [2.05, 4.69) is 20.2 Å². The predicted octanol–water partition coefficient (Wildman–Crippen LogP) is 2.47. The molecule has 7 nitrogen and oxygen atoms in total. The number of nitrogens with zero attached hydrogens (tertiary/aromatic N) is 3. The largest absolute Gasteiger partial charge is 0.369 e. The van der Waals surface area contributed by atoms with Gasteiger partial charge < -0.3 is 19.7 Å². The van der Waals surface area contributed by atoms with Gasteiger partial charge in [0.05, 0.1) is 19.8 Å². The fourth-order valence-electron chi connectivity index (χ4n) is 3.91. The molecule has 2 saturated heterocycles. The number of aromatic nitrogens is 2. The molecular formula is C21H25ClF2N4O3. The van der Waals surface area contributed by atoms with Crippen LogP contribution in [0.1, 0.15) is 23.4 Å². The molecule has 1 aromatic heterocycles. The number of rotatable bonds is 4. The van der Waals surface area contributed by atoms with Crippen molar-refractivity contribution in [2.75, 3.05) is 31.2 Å². The molecule has 2 fully saturated rings. The van der Waals surface area contributed by atoms with Gasteiger partial charge in [-0.3, -0.25) is 4.79 Å². The number of carbonyl (C=O) groups is 1. The van der Waals surface area contributed by atoms with Gasteiger partial charge in [0.1, 0.15) is 23.3 Å². The first-order valence-electron chi connectivity index (χ1n) is 9.88. The molecule has 168 valence electrons. The van der Waals surface area contributed by atoms with Gasteiger partial charge in [0.2, 0.25) is 11.9 Å². The Morgan fingerprint density at radius 3 is 2.71 bits per heavy atom. The lowest BCUT2D eigenvalue weighted by Crippen LogP contribution is -2.53. The summed E-state index contributed by atoms with van der Waals surface area (Å²) < 4.78 is 38.5. The molecule has 0 radical (unpaired) electrons. The Balaban J connectivity index is 0.00000272. The van der Waals surface area contributed by atoms with E-state index in [0.717, 1.165) is 23.5 Å². The number of amides is 1. The summed E-state index contributed by atoms with van der Waals surface area (Å²) in [6, 6.07) is 5.18. The fourth-order valence-corrected chi connectivity index (χ4v) is 3.91. The lowest BCUT2D eigenvalue weighted by atomic mass is 9.97. The minimum absolute atomic E-state index is 0. The number of carbonyl (C=O) groups excluding carboxylic acids is 1. The predicted molar refractivity (Wildman–Crippen MR) is 112 cm³/mol. The maximum absolute atomic E-state index is 13.8. The Labute approximate surface area is 185 Å². The van der Waals surface area contributed by atoms with Crippen LogP contribution < -0.4 is 10.2 Å². The van der Waals surface area contributed by atoms with Crippen molar-refractivity contribution in [3.8, 4) is 0 Å². The molecule has 2 unspecified atom stereocenters. The number of halogens is 3. The van der Waals surface area contributed by atoms with Crippen LogP contribution in [0.2, 0.25) is 0 Å². The highest BCUT2D eigenvalue weighted by Crippen LogP contribution is 2.32. The van der Waals surface area contributed by atoms with Gasteiger partial charge in [-0.05, 0) is 26.0 Å². The van der Waals surface area contributed by atoms with Gasteiger partial charge in [-0.2, -0.15) is 0 Å². The summed E-state index contributed by atoms with van der Waals surface area (Å²) in [5.41, 5.74) is 1.38. The zero-order valence-electron chi connectivity index (χ0n) is 17.4. The Morgan fingerprint density at radius 2 is 2.00 bits per heavy atom. The van der Waals surface area contributed by atoms with Crippen LogP contribution >= 0.6 is 12.4 Å². The van der Waals surface area contributed by atoms with Gasteiger partial charge in [-0.15, -0.1) is 12.4 Å². The van der Waals surface area contributed by atoms with E-state index in [0.29, 0.717) is 32.1 Å². The first-order valence-corrected chi connectivity index (χ1v) is 9.88. The van der Waals surface area contributed by atoms with E-state index in [1.54, 1.807) is 0 Å². The van der Waals surface area contributed by atoms with Crippen molar-refractivity contribution in [3.63, 3.8) is 0 Å². The molecule has 10 heteroatoms. The first-order chi connectivity index (χ1) is 14.3. The van der Waals surface area contributed by atoms with E-state index < -0.39 is 23.3 Å². The highest BCUT2D eigenvalue weighted by Gasteiger charge is 2.47. The number of hydrogen-bond acceptors (Lipinski definition) is 6. The zero-order valence-corrected chi connectivity index (χ0v) is 18.2. The highest BCUT2D eigenvalue weighted by molar-refractivity contribution is 5.85. The van der Waals surface area contributed by atoms with Crippen molar-refractivity contribution in [3.05, 3.63) is 52.9 Å². The second-order valence-electron chi connectivity index (χ2n) is 7.86. The summed E-state index contributed by atoms with van der Waals surface area (Å²) >= 11 is 0.